The topological polar surface area (TPSA) is 70.2 Å². The van der Waals surface area contributed by atoms with Crippen molar-refractivity contribution in [3.8, 4) is 17.1 Å². The van der Waals surface area contributed by atoms with Gasteiger partial charge in [-0.25, -0.2) is 4.39 Å². The number of rotatable bonds is 7. The van der Waals surface area contributed by atoms with Gasteiger partial charge >= 0.3 is 0 Å². The lowest BCUT2D eigenvalue weighted by Crippen LogP contribution is -2.06. The molecule has 0 unspecified atom stereocenters. The number of aryl methyl sites for hydroxylation is 1. The van der Waals surface area contributed by atoms with Gasteiger partial charge in [-0.2, -0.15) is 0 Å². The van der Waals surface area contributed by atoms with Crippen LogP contribution >= 0.6 is 11.8 Å². The largest absolute Gasteiger partial charge is 0.494 e. The second kappa shape index (κ2) is 7.74. The SMILES string of the molecule is CCn1c(SCC(=O)c2ccc(OC)c(F)c2)nnc1-c1ccoc1C. The third kappa shape index (κ3) is 3.50. The molecular formula is C18H18FN3O3S. The van der Waals surface area contributed by atoms with Gasteiger partial charge < -0.3 is 13.7 Å². The van der Waals surface area contributed by atoms with Crippen molar-refractivity contribution < 1.29 is 18.3 Å². The Morgan fingerprint density at radius 2 is 2.15 bits per heavy atom. The van der Waals surface area contributed by atoms with Crippen LogP contribution in [0.1, 0.15) is 23.0 Å². The summed E-state index contributed by atoms with van der Waals surface area (Å²) in [4.78, 5) is 12.4. The highest BCUT2D eigenvalue weighted by Gasteiger charge is 2.18. The molecule has 2 aromatic heterocycles. The number of carbonyl (C=O) groups is 1. The Hall–Kier alpha value is -2.61. The van der Waals surface area contributed by atoms with Crippen LogP contribution < -0.4 is 4.74 Å². The maximum Gasteiger partial charge on any atom is 0.191 e. The minimum atomic E-state index is -0.558. The van der Waals surface area contributed by atoms with Crippen LogP contribution in [0.25, 0.3) is 11.4 Å². The van der Waals surface area contributed by atoms with Crippen LogP contribution in [-0.2, 0) is 6.54 Å². The Bertz CT molecular complexity index is 936. The standard InChI is InChI=1S/C18H18FN3O3S/c1-4-22-17(13-7-8-25-11(13)2)20-21-18(22)26-10-15(23)12-5-6-16(24-3)14(19)9-12/h5-9H,4,10H2,1-3H3. The number of Topliss-reactive ketones (excluding diaryl/α,β-unsaturated/α-hetero) is 1. The van der Waals surface area contributed by atoms with E-state index in [1.165, 1.54) is 31.0 Å². The molecule has 136 valence electrons. The highest BCUT2D eigenvalue weighted by Crippen LogP contribution is 2.27. The number of furan rings is 1. The summed E-state index contributed by atoms with van der Waals surface area (Å²) in [5.74, 6) is 0.951. The van der Waals surface area contributed by atoms with Gasteiger partial charge in [0, 0.05) is 12.1 Å². The summed E-state index contributed by atoms with van der Waals surface area (Å²) in [5, 5.41) is 9.03. The van der Waals surface area contributed by atoms with E-state index in [-0.39, 0.29) is 17.3 Å². The Kier molecular flexibility index (Phi) is 5.41. The van der Waals surface area contributed by atoms with E-state index in [0.717, 1.165) is 11.3 Å². The van der Waals surface area contributed by atoms with E-state index >= 15 is 0 Å². The monoisotopic (exact) mass is 375 g/mol. The highest BCUT2D eigenvalue weighted by atomic mass is 32.2. The maximum atomic E-state index is 13.8. The number of benzene rings is 1. The van der Waals surface area contributed by atoms with Gasteiger partial charge in [0.2, 0.25) is 0 Å². The van der Waals surface area contributed by atoms with Crippen molar-refractivity contribution in [2.24, 2.45) is 0 Å². The van der Waals surface area contributed by atoms with Gasteiger partial charge in [-0.15, -0.1) is 10.2 Å². The van der Waals surface area contributed by atoms with E-state index in [1.807, 2.05) is 24.5 Å². The lowest BCUT2D eigenvalue weighted by molar-refractivity contribution is 0.102. The lowest BCUT2D eigenvalue weighted by atomic mass is 10.1. The second-order valence-corrected chi connectivity index (χ2v) is 6.44. The second-order valence-electron chi connectivity index (χ2n) is 5.50. The Morgan fingerprint density at radius 1 is 1.35 bits per heavy atom. The molecule has 0 amide bonds. The van der Waals surface area contributed by atoms with Gasteiger partial charge in [0.15, 0.2) is 28.3 Å². The molecule has 0 aliphatic rings. The van der Waals surface area contributed by atoms with E-state index in [9.17, 15) is 9.18 Å². The number of ether oxygens (including phenoxy) is 1. The molecule has 2 heterocycles. The first-order valence-electron chi connectivity index (χ1n) is 8.02. The van der Waals surface area contributed by atoms with Crippen LogP contribution in [0.2, 0.25) is 0 Å². The molecule has 6 nitrogen and oxygen atoms in total. The average molecular weight is 375 g/mol. The third-order valence-corrected chi connectivity index (χ3v) is 4.91. The van der Waals surface area contributed by atoms with Crippen LogP contribution in [0.15, 0.2) is 40.1 Å². The van der Waals surface area contributed by atoms with Gasteiger partial charge in [-0.3, -0.25) is 4.79 Å². The molecule has 0 saturated heterocycles. The number of hydrogen-bond donors (Lipinski definition) is 0. The number of aromatic nitrogens is 3. The maximum absolute atomic E-state index is 13.8. The summed E-state index contributed by atoms with van der Waals surface area (Å²) in [5.41, 5.74) is 1.17. The van der Waals surface area contributed by atoms with Crippen molar-refractivity contribution in [3.05, 3.63) is 47.7 Å². The molecule has 3 rings (SSSR count). The summed E-state index contributed by atoms with van der Waals surface area (Å²) in [6, 6.07) is 6.02. The summed E-state index contributed by atoms with van der Waals surface area (Å²) in [7, 11) is 1.38. The molecule has 8 heteroatoms. The van der Waals surface area contributed by atoms with Crippen molar-refractivity contribution >= 4 is 17.5 Å². The smallest absolute Gasteiger partial charge is 0.191 e. The van der Waals surface area contributed by atoms with Gasteiger partial charge in [0.25, 0.3) is 0 Å². The number of methoxy groups -OCH3 is 1. The summed E-state index contributed by atoms with van der Waals surface area (Å²) >= 11 is 1.27. The first-order chi connectivity index (χ1) is 12.5. The number of nitrogens with zero attached hydrogens (tertiary/aromatic N) is 3. The van der Waals surface area contributed by atoms with Gasteiger partial charge in [-0.1, -0.05) is 11.8 Å². The highest BCUT2D eigenvalue weighted by molar-refractivity contribution is 7.99. The van der Waals surface area contributed by atoms with Gasteiger partial charge in [0.1, 0.15) is 5.76 Å². The van der Waals surface area contributed by atoms with Crippen LogP contribution in [0.5, 0.6) is 5.75 Å². The zero-order valence-corrected chi connectivity index (χ0v) is 15.5. The first-order valence-corrected chi connectivity index (χ1v) is 9.01. The molecule has 0 N–H and O–H groups in total. The fourth-order valence-corrected chi connectivity index (χ4v) is 3.45. The molecular weight excluding hydrogens is 357 g/mol. The Morgan fingerprint density at radius 3 is 2.77 bits per heavy atom. The fraction of sp³-hybridized carbons (Fsp3) is 0.278. The van der Waals surface area contributed by atoms with E-state index in [4.69, 9.17) is 9.15 Å². The molecule has 0 spiro atoms. The molecule has 1 aromatic carbocycles. The number of carbonyl (C=O) groups excluding carboxylic acids is 1. The first kappa shape index (κ1) is 18.2. The summed E-state index contributed by atoms with van der Waals surface area (Å²) in [6.45, 7) is 4.49. The van der Waals surface area contributed by atoms with E-state index in [0.29, 0.717) is 23.1 Å². The Labute approximate surface area is 154 Å². The van der Waals surface area contributed by atoms with Crippen molar-refractivity contribution in [2.75, 3.05) is 12.9 Å². The van der Waals surface area contributed by atoms with E-state index < -0.39 is 5.82 Å². The minimum absolute atomic E-state index is 0.111. The molecule has 0 aliphatic carbocycles. The van der Waals surface area contributed by atoms with Crippen LogP contribution in [0.3, 0.4) is 0 Å². The van der Waals surface area contributed by atoms with Crippen molar-refractivity contribution in [1.29, 1.82) is 0 Å². The van der Waals surface area contributed by atoms with Crippen molar-refractivity contribution in [3.63, 3.8) is 0 Å². The molecule has 26 heavy (non-hydrogen) atoms. The van der Waals surface area contributed by atoms with E-state index in [1.54, 1.807) is 12.3 Å². The van der Waals surface area contributed by atoms with Crippen molar-refractivity contribution in [1.82, 2.24) is 14.8 Å². The zero-order chi connectivity index (χ0) is 18.7. The predicted molar refractivity (Wildman–Crippen MR) is 96.1 cm³/mol. The average Bonchev–Trinajstić information content (AvgIpc) is 3.24. The number of ketones is 1. The number of halogens is 1. The summed E-state index contributed by atoms with van der Waals surface area (Å²) < 4.78 is 25.9. The molecule has 0 radical (unpaired) electrons. The molecule has 0 bridgehead atoms. The van der Waals surface area contributed by atoms with Crippen molar-refractivity contribution in [2.45, 2.75) is 25.5 Å². The minimum Gasteiger partial charge on any atom is -0.494 e. The predicted octanol–water partition coefficient (Wildman–Crippen LogP) is 3.99. The molecule has 0 atom stereocenters. The Balaban J connectivity index is 1.76. The van der Waals surface area contributed by atoms with Crippen LogP contribution in [0.4, 0.5) is 4.39 Å². The molecule has 0 saturated carbocycles. The molecule has 0 fully saturated rings. The number of hydrogen-bond acceptors (Lipinski definition) is 6. The lowest BCUT2D eigenvalue weighted by Gasteiger charge is -2.07. The third-order valence-electron chi connectivity index (χ3n) is 3.94. The van der Waals surface area contributed by atoms with Gasteiger partial charge in [0.05, 0.1) is 24.7 Å². The van der Waals surface area contributed by atoms with Crippen LogP contribution in [0, 0.1) is 12.7 Å². The molecule has 3 aromatic rings. The zero-order valence-electron chi connectivity index (χ0n) is 14.7. The fourth-order valence-electron chi connectivity index (χ4n) is 2.55. The van der Waals surface area contributed by atoms with E-state index in [2.05, 4.69) is 10.2 Å². The summed E-state index contributed by atoms with van der Waals surface area (Å²) in [6.07, 6.45) is 1.61. The van der Waals surface area contributed by atoms with Crippen LogP contribution in [-0.4, -0.2) is 33.4 Å². The number of thioether (sulfide) groups is 1. The quantitative estimate of drug-likeness (QED) is 0.459. The van der Waals surface area contributed by atoms with Gasteiger partial charge in [-0.05, 0) is 38.1 Å². The normalized spacial score (nSPS) is 10.9. The molecule has 0 aliphatic heterocycles.